The molecule has 0 aliphatic heterocycles. The van der Waals surface area contributed by atoms with E-state index >= 15 is 0 Å². The smallest absolute Gasteiger partial charge is 0.308 e. The van der Waals surface area contributed by atoms with Crippen molar-refractivity contribution in [2.45, 2.75) is 26.3 Å². The summed E-state index contributed by atoms with van der Waals surface area (Å²) in [6.45, 7) is 3.87. The Morgan fingerprint density at radius 2 is 1.89 bits per heavy atom. The Bertz CT molecular complexity index is 852. The van der Waals surface area contributed by atoms with Crippen LogP contribution in [0.15, 0.2) is 42.5 Å². The quantitative estimate of drug-likeness (QED) is 0.438. The summed E-state index contributed by atoms with van der Waals surface area (Å²) in [6, 6.07) is 10.4. The van der Waals surface area contributed by atoms with Crippen molar-refractivity contribution in [3.05, 3.63) is 74.3 Å². The molecule has 0 heterocycles. The van der Waals surface area contributed by atoms with E-state index in [1.807, 2.05) is 31.2 Å². The summed E-state index contributed by atoms with van der Waals surface area (Å²) in [5.41, 5.74) is 1.65. The third-order valence-corrected chi connectivity index (χ3v) is 4.18. The molecule has 0 aliphatic carbocycles. The molecule has 1 unspecified atom stereocenters. The highest BCUT2D eigenvalue weighted by atomic mass is 35.5. The van der Waals surface area contributed by atoms with E-state index < -0.39 is 22.8 Å². The van der Waals surface area contributed by atoms with Gasteiger partial charge in [0, 0.05) is 12.1 Å². The van der Waals surface area contributed by atoms with Gasteiger partial charge in [-0.1, -0.05) is 41.4 Å². The van der Waals surface area contributed by atoms with Crippen LogP contribution in [-0.4, -0.2) is 23.4 Å². The Balaban J connectivity index is 2.25. The molecule has 0 spiro atoms. The van der Waals surface area contributed by atoms with Crippen LogP contribution in [0.5, 0.6) is 0 Å². The van der Waals surface area contributed by atoms with E-state index in [0.717, 1.165) is 17.2 Å². The van der Waals surface area contributed by atoms with Gasteiger partial charge in [0.25, 0.3) is 11.6 Å². The van der Waals surface area contributed by atoms with Gasteiger partial charge >= 0.3 is 5.97 Å². The summed E-state index contributed by atoms with van der Waals surface area (Å²) < 4.78 is 4.98. The Kier molecular flexibility index (Phi) is 6.90. The molecule has 2 aromatic rings. The van der Waals surface area contributed by atoms with Crippen molar-refractivity contribution in [3.8, 4) is 0 Å². The van der Waals surface area contributed by atoms with Gasteiger partial charge < -0.3 is 10.1 Å². The number of esters is 1. The lowest BCUT2D eigenvalue weighted by molar-refractivity contribution is -0.384. The molecule has 2 aromatic carbocycles. The summed E-state index contributed by atoms with van der Waals surface area (Å²) in [5.74, 6) is -0.983. The molecule has 7 nitrogen and oxygen atoms in total. The number of nitro groups is 1. The predicted molar refractivity (Wildman–Crippen MR) is 101 cm³/mol. The molecule has 1 N–H and O–H groups in total. The molecule has 0 saturated heterocycles. The number of hydrogen-bond donors (Lipinski definition) is 1. The number of benzene rings is 2. The van der Waals surface area contributed by atoms with E-state index in [1.165, 1.54) is 12.1 Å². The second-order valence-corrected chi connectivity index (χ2v) is 6.27. The van der Waals surface area contributed by atoms with Gasteiger partial charge in [-0.05, 0) is 25.5 Å². The molecular weight excluding hydrogens is 372 g/mol. The standard InChI is InChI=1S/C19H19ClN2O5/c1-3-27-18(23)11-17(13-6-4-12(2)5-7-13)21-19(24)15-9-8-14(22(25)26)10-16(15)20/h4-10,17H,3,11H2,1-2H3,(H,21,24). The van der Waals surface area contributed by atoms with Gasteiger partial charge in [0.15, 0.2) is 0 Å². The summed E-state index contributed by atoms with van der Waals surface area (Å²) in [7, 11) is 0. The lowest BCUT2D eigenvalue weighted by Gasteiger charge is -2.19. The van der Waals surface area contributed by atoms with E-state index in [-0.39, 0.29) is 29.3 Å². The minimum absolute atomic E-state index is 0.0412. The SMILES string of the molecule is CCOC(=O)CC(NC(=O)c1ccc([N+](=O)[O-])cc1Cl)c1ccc(C)cc1. The number of amides is 1. The maximum absolute atomic E-state index is 12.6. The minimum Gasteiger partial charge on any atom is -0.466 e. The Hall–Kier alpha value is -2.93. The third-order valence-electron chi connectivity index (χ3n) is 3.87. The van der Waals surface area contributed by atoms with E-state index in [0.29, 0.717) is 0 Å². The highest BCUT2D eigenvalue weighted by Gasteiger charge is 2.22. The van der Waals surface area contributed by atoms with Crippen molar-refractivity contribution in [3.63, 3.8) is 0 Å². The van der Waals surface area contributed by atoms with Gasteiger partial charge in [-0.2, -0.15) is 0 Å². The van der Waals surface area contributed by atoms with Crippen LogP contribution in [0.25, 0.3) is 0 Å². The zero-order valence-corrected chi connectivity index (χ0v) is 15.7. The van der Waals surface area contributed by atoms with Gasteiger partial charge in [0.05, 0.1) is 34.6 Å². The molecule has 0 aliphatic rings. The Morgan fingerprint density at radius 1 is 1.22 bits per heavy atom. The van der Waals surface area contributed by atoms with E-state index in [2.05, 4.69) is 5.32 Å². The van der Waals surface area contributed by atoms with Gasteiger partial charge in [0.2, 0.25) is 0 Å². The number of aryl methyl sites for hydroxylation is 1. The van der Waals surface area contributed by atoms with Gasteiger partial charge in [0.1, 0.15) is 0 Å². The van der Waals surface area contributed by atoms with Crippen LogP contribution in [-0.2, 0) is 9.53 Å². The maximum Gasteiger partial charge on any atom is 0.308 e. The highest BCUT2D eigenvalue weighted by Crippen LogP contribution is 2.24. The van der Waals surface area contributed by atoms with Crippen molar-refractivity contribution in [1.82, 2.24) is 5.32 Å². The number of non-ortho nitro benzene ring substituents is 1. The molecule has 0 bridgehead atoms. The molecule has 2 rings (SSSR count). The number of ether oxygens (including phenoxy) is 1. The normalized spacial score (nSPS) is 11.5. The zero-order valence-electron chi connectivity index (χ0n) is 14.9. The van der Waals surface area contributed by atoms with E-state index in [9.17, 15) is 19.7 Å². The lowest BCUT2D eigenvalue weighted by Crippen LogP contribution is -2.31. The monoisotopic (exact) mass is 390 g/mol. The first kappa shape index (κ1) is 20.4. The molecule has 0 radical (unpaired) electrons. The van der Waals surface area contributed by atoms with Crippen LogP contribution >= 0.6 is 11.6 Å². The summed E-state index contributed by atoms with van der Waals surface area (Å²) in [5, 5.41) is 13.5. The maximum atomic E-state index is 12.6. The number of rotatable bonds is 7. The molecule has 1 amide bonds. The number of carbonyl (C=O) groups is 2. The predicted octanol–water partition coefficient (Wildman–Crippen LogP) is 3.98. The van der Waals surface area contributed by atoms with E-state index in [1.54, 1.807) is 6.92 Å². The molecule has 0 saturated carbocycles. The first-order valence-electron chi connectivity index (χ1n) is 8.28. The largest absolute Gasteiger partial charge is 0.466 e. The summed E-state index contributed by atoms with van der Waals surface area (Å²) >= 11 is 6.02. The second-order valence-electron chi connectivity index (χ2n) is 5.87. The fraction of sp³-hybridized carbons (Fsp3) is 0.263. The lowest BCUT2D eigenvalue weighted by atomic mass is 10.0. The average Bonchev–Trinajstić information content (AvgIpc) is 2.61. The summed E-state index contributed by atoms with van der Waals surface area (Å²) in [4.78, 5) is 34.8. The van der Waals surface area contributed by atoms with Crippen molar-refractivity contribution in [1.29, 1.82) is 0 Å². The van der Waals surface area contributed by atoms with Crippen LogP contribution < -0.4 is 5.32 Å². The van der Waals surface area contributed by atoms with Crippen LogP contribution in [0, 0.1) is 17.0 Å². The van der Waals surface area contributed by atoms with Crippen molar-refractivity contribution in [2.24, 2.45) is 0 Å². The minimum atomic E-state index is -0.622. The zero-order chi connectivity index (χ0) is 20.0. The topological polar surface area (TPSA) is 98.5 Å². The molecule has 0 fully saturated rings. The van der Waals surface area contributed by atoms with Gasteiger partial charge in [-0.3, -0.25) is 19.7 Å². The number of hydrogen-bond acceptors (Lipinski definition) is 5. The Labute approximate surface area is 161 Å². The fourth-order valence-electron chi connectivity index (χ4n) is 2.48. The number of carbonyl (C=O) groups excluding carboxylic acids is 2. The molecule has 0 aromatic heterocycles. The number of halogens is 1. The molecular formula is C19H19ClN2O5. The number of nitro benzene ring substituents is 1. The highest BCUT2D eigenvalue weighted by molar-refractivity contribution is 6.34. The first-order valence-corrected chi connectivity index (χ1v) is 8.66. The van der Waals surface area contributed by atoms with Crippen molar-refractivity contribution in [2.75, 3.05) is 6.61 Å². The van der Waals surface area contributed by atoms with Crippen LogP contribution in [0.3, 0.4) is 0 Å². The van der Waals surface area contributed by atoms with Crippen LogP contribution in [0.2, 0.25) is 5.02 Å². The van der Waals surface area contributed by atoms with Gasteiger partial charge in [-0.25, -0.2) is 0 Å². The molecule has 142 valence electrons. The molecule has 8 heteroatoms. The van der Waals surface area contributed by atoms with Crippen molar-refractivity contribution >= 4 is 29.2 Å². The second kappa shape index (κ2) is 9.14. The van der Waals surface area contributed by atoms with Crippen LogP contribution in [0.1, 0.15) is 40.9 Å². The number of nitrogens with zero attached hydrogens (tertiary/aromatic N) is 1. The molecule has 27 heavy (non-hydrogen) atoms. The summed E-state index contributed by atoms with van der Waals surface area (Å²) in [6.07, 6.45) is -0.0484. The first-order chi connectivity index (χ1) is 12.8. The third kappa shape index (κ3) is 5.52. The Morgan fingerprint density at radius 3 is 2.44 bits per heavy atom. The van der Waals surface area contributed by atoms with E-state index in [4.69, 9.17) is 16.3 Å². The number of nitrogens with one attached hydrogen (secondary N) is 1. The molecule has 1 atom stereocenters. The average molecular weight is 391 g/mol. The van der Waals surface area contributed by atoms with Crippen molar-refractivity contribution < 1.29 is 19.2 Å². The van der Waals surface area contributed by atoms with Crippen LogP contribution in [0.4, 0.5) is 5.69 Å². The fourth-order valence-corrected chi connectivity index (χ4v) is 2.74. The van der Waals surface area contributed by atoms with Gasteiger partial charge in [-0.15, -0.1) is 0 Å².